The number of hydrogen-bond acceptors (Lipinski definition) is 1. The van der Waals surface area contributed by atoms with Gasteiger partial charge in [0.15, 0.2) is 0 Å². The number of ketones is 1. The van der Waals surface area contributed by atoms with Gasteiger partial charge in [-0.2, -0.15) is 0 Å². The van der Waals surface area contributed by atoms with Crippen molar-refractivity contribution in [2.75, 3.05) is 0 Å². The van der Waals surface area contributed by atoms with Crippen LogP contribution in [0.4, 0.5) is 0 Å². The van der Waals surface area contributed by atoms with E-state index in [1.165, 1.54) is 12.8 Å². The molecule has 0 N–H and O–H groups in total. The fourth-order valence-electron chi connectivity index (χ4n) is 1.87. The highest BCUT2D eigenvalue weighted by Crippen LogP contribution is 2.26. The van der Waals surface area contributed by atoms with E-state index in [2.05, 4.69) is 6.58 Å². The Morgan fingerprint density at radius 3 is 2.67 bits per heavy atom. The average Bonchev–Trinajstić information content (AvgIpc) is 2.56. The van der Waals surface area contributed by atoms with E-state index in [4.69, 9.17) is 0 Å². The molecule has 1 heteroatoms. The fourth-order valence-corrected chi connectivity index (χ4v) is 1.87. The van der Waals surface area contributed by atoms with Gasteiger partial charge in [-0.1, -0.05) is 18.9 Å². The maximum atomic E-state index is 11.5. The maximum Gasteiger partial charge on any atom is 0.135 e. The SMILES string of the molecule is C=CCCCC(=O)C1CCCC1. The number of carbonyl (C=O) groups excluding carboxylic acids is 1. The van der Waals surface area contributed by atoms with Crippen LogP contribution in [-0.4, -0.2) is 5.78 Å². The lowest BCUT2D eigenvalue weighted by molar-refractivity contribution is -0.122. The summed E-state index contributed by atoms with van der Waals surface area (Å²) in [4.78, 5) is 11.5. The third-order valence-corrected chi connectivity index (χ3v) is 2.64. The summed E-state index contributed by atoms with van der Waals surface area (Å²) in [5.41, 5.74) is 0. The predicted molar refractivity (Wildman–Crippen MR) is 51.0 cm³/mol. The zero-order valence-corrected chi connectivity index (χ0v) is 7.72. The van der Waals surface area contributed by atoms with Crippen molar-refractivity contribution in [2.45, 2.75) is 44.9 Å². The first-order valence-corrected chi connectivity index (χ1v) is 4.98. The second kappa shape index (κ2) is 5.13. The van der Waals surface area contributed by atoms with Crippen LogP contribution in [0.25, 0.3) is 0 Å². The Bertz CT molecular complexity index is 154. The summed E-state index contributed by atoms with van der Waals surface area (Å²) in [6.45, 7) is 3.64. The van der Waals surface area contributed by atoms with Crippen LogP contribution < -0.4 is 0 Å². The molecule has 1 rings (SSSR count). The van der Waals surface area contributed by atoms with E-state index < -0.39 is 0 Å². The summed E-state index contributed by atoms with van der Waals surface area (Å²) in [5.74, 6) is 0.907. The summed E-state index contributed by atoms with van der Waals surface area (Å²) in [6.07, 6.45) is 9.46. The first-order valence-electron chi connectivity index (χ1n) is 4.98. The smallest absolute Gasteiger partial charge is 0.135 e. The summed E-state index contributed by atoms with van der Waals surface area (Å²) in [7, 11) is 0. The molecule has 0 saturated heterocycles. The molecule has 1 aliphatic rings. The molecule has 1 fully saturated rings. The van der Waals surface area contributed by atoms with Crippen molar-refractivity contribution < 1.29 is 4.79 Å². The molecule has 12 heavy (non-hydrogen) atoms. The molecule has 0 aromatic heterocycles. The van der Waals surface area contributed by atoms with Crippen molar-refractivity contribution in [1.82, 2.24) is 0 Å². The zero-order valence-electron chi connectivity index (χ0n) is 7.72. The highest BCUT2D eigenvalue weighted by atomic mass is 16.1. The Morgan fingerprint density at radius 2 is 2.08 bits per heavy atom. The number of hydrogen-bond donors (Lipinski definition) is 0. The quantitative estimate of drug-likeness (QED) is 0.453. The van der Waals surface area contributed by atoms with Gasteiger partial charge in [0.05, 0.1) is 0 Å². The van der Waals surface area contributed by atoms with Crippen LogP contribution in [0.2, 0.25) is 0 Å². The van der Waals surface area contributed by atoms with Crippen LogP contribution in [0.15, 0.2) is 12.7 Å². The van der Waals surface area contributed by atoms with Crippen LogP contribution in [0.5, 0.6) is 0 Å². The molecule has 0 unspecified atom stereocenters. The number of Topliss-reactive ketones (excluding diaryl/α,β-unsaturated/α-hetero) is 1. The number of carbonyl (C=O) groups is 1. The normalized spacial score (nSPS) is 18.0. The molecule has 0 radical (unpaired) electrons. The van der Waals surface area contributed by atoms with E-state index in [1.54, 1.807) is 0 Å². The monoisotopic (exact) mass is 166 g/mol. The van der Waals surface area contributed by atoms with Gasteiger partial charge in [0.2, 0.25) is 0 Å². The van der Waals surface area contributed by atoms with E-state index in [1.807, 2.05) is 6.08 Å². The molecule has 0 atom stereocenters. The van der Waals surface area contributed by atoms with Crippen LogP contribution in [0.1, 0.15) is 44.9 Å². The van der Waals surface area contributed by atoms with Crippen molar-refractivity contribution in [1.29, 1.82) is 0 Å². The molecule has 0 spiro atoms. The van der Waals surface area contributed by atoms with Crippen molar-refractivity contribution in [3.8, 4) is 0 Å². The van der Waals surface area contributed by atoms with Gasteiger partial charge >= 0.3 is 0 Å². The largest absolute Gasteiger partial charge is 0.299 e. The van der Waals surface area contributed by atoms with E-state index in [0.717, 1.165) is 32.1 Å². The second-order valence-electron chi connectivity index (χ2n) is 3.63. The minimum atomic E-state index is 0.412. The minimum absolute atomic E-state index is 0.412. The lowest BCUT2D eigenvalue weighted by Gasteiger charge is -2.05. The topological polar surface area (TPSA) is 17.1 Å². The molecule has 0 amide bonds. The van der Waals surface area contributed by atoms with E-state index in [9.17, 15) is 4.79 Å². The van der Waals surface area contributed by atoms with Crippen LogP contribution >= 0.6 is 0 Å². The molecular formula is C11H18O. The van der Waals surface area contributed by atoms with E-state index in [0.29, 0.717) is 11.7 Å². The van der Waals surface area contributed by atoms with Crippen LogP contribution in [0, 0.1) is 5.92 Å². The van der Waals surface area contributed by atoms with Gasteiger partial charge in [0.1, 0.15) is 5.78 Å². The third-order valence-electron chi connectivity index (χ3n) is 2.64. The third kappa shape index (κ3) is 2.80. The Labute approximate surface area is 74.9 Å². The maximum absolute atomic E-state index is 11.5. The molecule has 0 bridgehead atoms. The van der Waals surface area contributed by atoms with Crippen LogP contribution in [0.3, 0.4) is 0 Å². The Morgan fingerprint density at radius 1 is 1.42 bits per heavy atom. The summed E-state index contributed by atoms with van der Waals surface area (Å²) < 4.78 is 0. The zero-order chi connectivity index (χ0) is 8.81. The van der Waals surface area contributed by atoms with Crippen molar-refractivity contribution in [3.63, 3.8) is 0 Å². The van der Waals surface area contributed by atoms with Gasteiger partial charge in [-0.25, -0.2) is 0 Å². The lowest BCUT2D eigenvalue weighted by atomic mass is 9.98. The van der Waals surface area contributed by atoms with Gasteiger partial charge in [-0.15, -0.1) is 6.58 Å². The Kier molecular flexibility index (Phi) is 4.06. The predicted octanol–water partition coefficient (Wildman–Crippen LogP) is 3.10. The molecule has 0 aromatic carbocycles. The minimum Gasteiger partial charge on any atom is -0.299 e. The average molecular weight is 166 g/mol. The van der Waals surface area contributed by atoms with Gasteiger partial charge in [0, 0.05) is 12.3 Å². The highest BCUT2D eigenvalue weighted by Gasteiger charge is 2.21. The van der Waals surface area contributed by atoms with Gasteiger partial charge in [-0.3, -0.25) is 4.79 Å². The molecule has 1 nitrogen and oxygen atoms in total. The van der Waals surface area contributed by atoms with E-state index in [-0.39, 0.29) is 0 Å². The molecule has 1 saturated carbocycles. The molecule has 68 valence electrons. The molecule has 0 heterocycles. The Hall–Kier alpha value is -0.590. The summed E-state index contributed by atoms with van der Waals surface area (Å²) >= 11 is 0. The second-order valence-corrected chi connectivity index (χ2v) is 3.63. The Balaban J connectivity index is 2.14. The lowest BCUT2D eigenvalue weighted by Crippen LogP contribution is -2.09. The number of allylic oxidation sites excluding steroid dienone is 1. The fraction of sp³-hybridized carbons (Fsp3) is 0.727. The van der Waals surface area contributed by atoms with Gasteiger partial charge in [0.25, 0.3) is 0 Å². The van der Waals surface area contributed by atoms with Gasteiger partial charge in [-0.05, 0) is 25.7 Å². The summed E-state index contributed by atoms with van der Waals surface area (Å²) in [6, 6.07) is 0. The van der Waals surface area contributed by atoms with Crippen molar-refractivity contribution in [2.24, 2.45) is 5.92 Å². The summed E-state index contributed by atoms with van der Waals surface area (Å²) in [5, 5.41) is 0. The standard InChI is InChI=1S/C11H18O/c1-2-3-4-9-11(12)10-7-5-6-8-10/h2,10H,1,3-9H2. The van der Waals surface area contributed by atoms with Gasteiger partial charge < -0.3 is 0 Å². The number of unbranched alkanes of at least 4 members (excludes halogenated alkanes) is 1. The van der Waals surface area contributed by atoms with E-state index >= 15 is 0 Å². The van der Waals surface area contributed by atoms with Crippen molar-refractivity contribution in [3.05, 3.63) is 12.7 Å². The molecule has 0 aromatic rings. The number of rotatable bonds is 5. The first-order chi connectivity index (χ1) is 5.84. The molecular weight excluding hydrogens is 148 g/mol. The highest BCUT2D eigenvalue weighted by molar-refractivity contribution is 5.81. The van der Waals surface area contributed by atoms with Crippen molar-refractivity contribution >= 4 is 5.78 Å². The molecule has 1 aliphatic carbocycles. The van der Waals surface area contributed by atoms with Crippen LogP contribution in [-0.2, 0) is 4.79 Å². The first kappa shape index (κ1) is 9.50. The molecule has 0 aliphatic heterocycles.